The minimum atomic E-state index is -0.410. The number of hydrogen-bond acceptors (Lipinski definition) is 4. The summed E-state index contributed by atoms with van der Waals surface area (Å²) in [4.78, 5) is 17.4. The van der Waals surface area contributed by atoms with Crippen molar-refractivity contribution >= 4 is 23.4 Å². The zero-order chi connectivity index (χ0) is 14.7. The van der Waals surface area contributed by atoms with Crippen molar-refractivity contribution in [3.8, 4) is 0 Å². The molecule has 2 heterocycles. The summed E-state index contributed by atoms with van der Waals surface area (Å²) in [5.41, 5.74) is 2.01. The van der Waals surface area contributed by atoms with E-state index >= 15 is 0 Å². The summed E-state index contributed by atoms with van der Waals surface area (Å²) in [5.74, 6) is -0.410. The largest absolute Gasteiger partial charge is 0.456 e. The molecule has 0 aliphatic heterocycles. The van der Waals surface area contributed by atoms with Crippen LogP contribution < -0.4 is 0 Å². The number of pyridine rings is 1. The number of imidazole rings is 1. The Morgan fingerprint density at radius 1 is 1.24 bits per heavy atom. The summed E-state index contributed by atoms with van der Waals surface area (Å²) < 4.78 is 7.09. The topological polar surface area (TPSA) is 43.6 Å². The lowest BCUT2D eigenvalue weighted by atomic mass is 10.2. The van der Waals surface area contributed by atoms with Crippen LogP contribution in [0.5, 0.6) is 0 Å². The van der Waals surface area contributed by atoms with Gasteiger partial charge in [-0.1, -0.05) is 18.2 Å². The van der Waals surface area contributed by atoms with Crippen LogP contribution in [0.4, 0.5) is 0 Å². The van der Waals surface area contributed by atoms with Crippen molar-refractivity contribution in [3.05, 3.63) is 66.1 Å². The van der Waals surface area contributed by atoms with Crippen LogP contribution in [0.2, 0.25) is 0 Å². The Kier molecular flexibility index (Phi) is 3.92. The SMILES string of the molecule is CSc1ccc(COC(=O)c2cn3ccccc3n2)cc1. The van der Waals surface area contributed by atoms with E-state index in [2.05, 4.69) is 4.98 Å². The van der Waals surface area contributed by atoms with Gasteiger partial charge in [0.05, 0.1) is 0 Å². The molecule has 0 bridgehead atoms. The van der Waals surface area contributed by atoms with Crippen LogP contribution in [0.1, 0.15) is 16.1 Å². The van der Waals surface area contributed by atoms with Crippen molar-refractivity contribution in [1.82, 2.24) is 9.38 Å². The van der Waals surface area contributed by atoms with Crippen LogP contribution >= 0.6 is 11.8 Å². The van der Waals surface area contributed by atoms with Crippen LogP contribution in [-0.4, -0.2) is 21.6 Å². The van der Waals surface area contributed by atoms with Gasteiger partial charge >= 0.3 is 5.97 Å². The molecule has 106 valence electrons. The molecule has 0 fully saturated rings. The van der Waals surface area contributed by atoms with Crippen molar-refractivity contribution in [1.29, 1.82) is 0 Å². The molecule has 0 aliphatic rings. The number of rotatable bonds is 4. The number of benzene rings is 1. The van der Waals surface area contributed by atoms with Crippen LogP contribution in [0.15, 0.2) is 59.8 Å². The summed E-state index contributed by atoms with van der Waals surface area (Å²) in [5, 5.41) is 0. The van der Waals surface area contributed by atoms with Gasteiger partial charge in [0, 0.05) is 17.3 Å². The van der Waals surface area contributed by atoms with Crippen molar-refractivity contribution < 1.29 is 9.53 Å². The van der Waals surface area contributed by atoms with Crippen LogP contribution in [0, 0.1) is 0 Å². The van der Waals surface area contributed by atoms with E-state index in [1.807, 2.05) is 54.9 Å². The second-order valence-corrected chi connectivity index (χ2v) is 5.40. The molecule has 0 saturated carbocycles. The molecule has 2 aromatic heterocycles. The highest BCUT2D eigenvalue weighted by molar-refractivity contribution is 7.98. The maximum absolute atomic E-state index is 12.0. The molecule has 0 N–H and O–H groups in total. The monoisotopic (exact) mass is 298 g/mol. The number of nitrogens with zero attached hydrogens (tertiary/aromatic N) is 2. The minimum absolute atomic E-state index is 0.251. The molecule has 0 atom stereocenters. The fourth-order valence-electron chi connectivity index (χ4n) is 1.98. The number of fused-ring (bicyclic) bond motifs is 1. The van der Waals surface area contributed by atoms with Gasteiger partial charge in [-0.05, 0) is 36.1 Å². The standard InChI is InChI=1S/C16H14N2O2S/c1-21-13-7-5-12(6-8-13)11-20-16(19)14-10-18-9-3-2-4-15(18)17-14/h2-10H,11H2,1H3. The first kappa shape index (κ1) is 13.7. The zero-order valence-corrected chi connectivity index (χ0v) is 12.3. The minimum Gasteiger partial charge on any atom is -0.456 e. The average Bonchev–Trinajstić information content (AvgIpc) is 2.97. The third-order valence-electron chi connectivity index (χ3n) is 3.10. The van der Waals surface area contributed by atoms with Crippen molar-refractivity contribution in [2.24, 2.45) is 0 Å². The normalized spacial score (nSPS) is 10.7. The number of aromatic nitrogens is 2. The lowest BCUT2D eigenvalue weighted by Gasteiger charge is -2.03. The molecule has 0 spiro atoms. The lowest BCUT2D eigenvalue weighted by Crippen LogP contribution is -2.05. The molecule has 4 nitrogen and oxygen atoms in total. The highest BCUT2D eigenvalue weighted by Crippen LogP contribution is 2.15. The lowest BCUT2D eigenvalue weighted by molar-refractivity contribution is 0.0466. The molecule has 3 aromatic rings. The number of carbonyl (C=O) groups excluding carboxylic acids is 1. The number of carbonyl (C=O) groups is 1. The van der Waals surface area contributed by atoms with Crippen LogP contribution in [0.25, 0.3) is 5.65 Å². The van der Waals surface area contributed by atoms with Crippen molar-refractivity contribution in [3.63, 3.8) is 0 Å². The molecule has 0 aliphatic carbocycles. The van der Waals surface area contributed by atoms with Gasteiger partial charge in [0.25, 0.3) is 0 Å². The van der Waals surface area contributed by atoms with E-state index in [9.17, 15) is 4.79 Å². The number of thioether (sulfide) groups is 1. The van der Waals surface area contributed by atoms with Crippen molar-refractivity contribution in [2.75, 3.05) is 6.26 Å². The number of hydrogen-bond donors (Lipinski definition) is 0. The van der Waals surface area contributed by atoms with Gasteiger partial charge in [0.15, 0.2) is 5.69 Å². The fourth-order valence-corrected chi connectivity index (χ4v) is 2.39. The van der Waals surface area contributed by atoms with E-state index in [-0.39, 0.29) is 6.61 Å². The first-order chi connectivity index (χ1) is 10.3. The second kappa shape index (κ2) is 6.01. The van der Waals surface area contributed by atoms with E-state index in [0.717, 1.165) is 11.2 Å². The molecule has 5 heteroatoms. The summed E-state index contributed by atoms with van der Waals surface area (Å²) in [6, 6.07) is 13.6. The molecule has 0 amide bonds. The molecule has 3 rings (SSSR count). The van der Waals surface area contributed by atoms with Gasteiger partial charge in [-0.3, -0.25) is 0 Å². The quantitative estimate of drug-likeness (QED) is 0.547. The molecule has 1 aromatic carbocycles. The van der Waals surface area contributed by atoms with Gasteiger partial charge in [0.2, 0.25) is 0 Å². The van der Waals surface area contributed by atoms with Crippen molar-refractivity contribution in [2.45, 2.75) is 11.5 Å². The Bertz CT molecular complexity index is 732. The summed E-state index contributed by atoms with van der Waals surface area (Å²) in [7, 11) is 0. The van der Waals surface area contributed by atoms with E-state index < -0.39 is 5.97 Å². The predicted octanol–water partition coefficient (Wildman–Crippen LogP) is 3.41. The van der Waals surface area contributed by atoms with E-state index in [4.69, 9.17) is 4.74 Å². The highest BCUT2D eigenvalue weighted by Gasteiger charge is 2.12. The van der Waals surface area contributed by atoms with Gasteiger partial charge in [0.1, 0.15) is 12.3 Å². The smallest absolute Gasteiger partial charge is 0.358 e. The Hall–Kier alpha value is -2.27. The molecule has 21 heavy (non-hydrogen) atoms. The Labute approximate surface area is 126 Å². The average molecular weight is 298 g/mol. The fraction of sp³-hybridized carbons (Fsp3) is 0.125. The predicted molar refractivity (Wildman–Crippen MR) is 82.5 cm³/mol. The van der Waals surface area contributed by atoms with E-state index in [1.165, 1.54) is 4.90 Å². The summed E-state index contributed by atoms with van der Waals surface area (Å²) in [6.07, 6.45) is 5.55. The molecular formula is C16H14N2O2S. The third kappa shape index (κ3) is 3.08. The maximum atomic E-state index is 12.0. The summed E-state index contributed by atoms with van der Waals surface area (Å²) >= 11 is 1.68. The molecular weight excluding hydrogens is 284 g/mol. The maximum Gasteiger partial charge on any atom is 0.358 e. The first-order valence-electron chi connectivity index (χ1n) is 6.50. The Balaban J connectivity index is 1.68. The van der Waals surface area contributed by atoms with Gasteiger partial charge < -0.3 is 9.14 Å². The summed E-state index contributed by atoms with van der Waals surface area (Å²) in [6.45, 7) is 0.251. The van der Waals surface area contributed by atoms with Gasteiger partial charge in [-0.25, -0.2) is 9.78 Å². The number of esters is 1. The number of ether oxygens (including phenoxy) is 1. The van der Waals surface area contributed by atoms with Gasteiger partial charge in [-0.15, -0.1) is 11.8 Å². The van der Waals surface area contributed by atoms with Crippen LogP contribution in [0.3, 0.4) is 0 Å². The molecule has 0 saturated heterocycles. The highest BCUT2D eigenvalue weighted by atomic mass is 32.2. The molecule has 0 unspecified atom stereocenters. The van der Waals surface area contributed by atoms with Gasteiger partial charge in [-0.2, -0.15) is 0 Å². The Morgan fingerprint density at radius 3 is 2.76 bits per heavy atom. The van der Waals surface area contributed by atoms with E-state index in [1.54, 1.807) is 22.4 Å². The van der Waals surface area contributed by atoms with E-state index in [0.29, 0.717) is 5.69 Å². The first-order valence-corrected chi connectivity index (χ1v) is 7.72. The van der Waals surface area contributed by atoms with Crippen LogP contribution in [-0.2, 0) is 11.3 Å². The Morgan fingerprint density at radius 2 is 2.05 bits per heavy atom. The zero-order valence-electron chi connectivity index (χ0n) is 11.5. The third-order valence-corrected chi connectivity index (χ3v) is 3.85. The second-order valence-electron chi connectivity index (χ2n) is 4.52. The molecule has 0 radical (unpaired) electrons.